The van der Waals surface area contributed by atoms with Gasteiger partial charge in [-0.2, -0.15) is 5.48 Å². The third kappa shape index (κ3) is 2.86. The van der Waals surface area contributed by atoms with E-state index >= 15 is 0 Å². The van der Waals surface area contributed by atoms with Crippen molar-refractivity contribution in [3.63, 3.8) is 0 Å². The Morgan fingerprint density at radius 3 is 2.89 bits per heavy atom. The number of hydrogen-bond acceptors (Lipinski definition) is 5. The molecular weight excluding hydrogens is 256 g/mol. The van der Waals surface area contributed by atoms with Gasteiger partial charge in [-0.25, -0.2) is 9.97 Å². The molecule has 0 fully saturated rings. The lowest BCUT2D eigenvalue weighted by Gasteiger charge is -2.08. The minimum Gasteiger partial charge on any atom is -0.399 e. The van der Waals surface area contributed by atoms with Gasteiger partial charge >= 0.3 is 5.91 Å². The normalized spacial score (nSPS) is 9.83. The molecule has 0 unspecified atom stereocenters. The van der Waals surface area contributed by atoms with Crippen LogP contribution in [0.2, 0.25) is 5.02 Å². The summed E-state index contributed by atoms with van der Waals surface area (Å²) in [6, 6.07) is 6.15. The summed E-state index contributed by atoms with van der Waals surface area (Å²) in [4.78, 5) is 24.1. The van der Waals surface area contributed by atoms with E-state index in [4.69, 9.17) is 22.2 Å². The zero-order valence-corrected chi connectivity index (χ0v) is 9.89. The van der Waals surface area contributed by atoms with E-state index in [1.165, 1.54) is 24.7 Å². The van der Waals surface area contributed by atoms with Crippen LogP contribution in [0.3, 0.4) is 0 Å². The number of benzene rings is 1. The number of amides is 1. The van der Waals surface area contributed by atoms with Crippen molar-refractivity contribution in [1.82, 2.24) is 15.4 Å². The van der Waals surface area contributed by atoms with Gasteiger partial charge in [0.25, 0.3) is 0 Å². The zero-order valence-electron chi connectivity index (χ0n) is 9.13. The molecule has 3 N–H and O–H groups in total. The second-order valence-electron chi connectivity index (χ2n) is 3.32. The predicted molar refractivity (Wildman–Crippen MR) is 66.0 cm³/mol. The van der Waals surface area contributed by atoms with Gasteiger partial charge in [-0.1, -0.05) is 11.6 Å². The Morgan fingerprint density at radius 1 is 1.39 bits per heavy atom. The maximum Gasteiger partial charge on any atom is 0.302 e. The Morgan fingerprint density at radius 2 is 2.22 bits per heavy atom. The van der Waals surface area contributed by atoms with Crippen molar-refractivity contribution in [2.75, 3.05) is 5.73 Å². The molecule has 1 amide bonds. The number of carbonyl (C=O) groups is 1. The number of rotatable bonds is 3. The number of aromatic nitrogens is 2. The van der Waals surface area contributed by atoms with Gasteiger partial charge in [0.2, 0.25) is 0 Å². The molecular formula is C11H9ClN4O2. The third-order valence-electron chi connectivity index (χ3n) is 2.02. The molecule has 0 radical (unpaired) electrons. The van der Waals surface area contributed by atoms with Crippen LogP contribution in [-0.4, -0.2) is 15.9 Å². The average Bonchev–Trinajstić information content (AvgIpc) is 2.38. The lowest BCUT2D eigenvalue weighted by Crippen LogP contribution is -2.27. The summed E-state index contributed by atoms with van der Waals surface area (Å²) in [7, 11) is 0. The molecule has 0 aliphatic rings. The van der Waals surface area contributed by atoms with E-state index in [9.17, 15) is 4.79 Å². The summed E-state index contributed by atoms with van der Waals surface area (Å²) < 4.78 is 0. The first kappa shape index (κ1) is 12.1. The SMILES string of the molecule is Nc1ccc(ONC(=O)c2ccncn2)c(Cl)c1. The molecule has 6 nitrogen and oxygen atoms in total. The molecule has 1 heterocycles. The topological polar surface area (TPSA) is 90.1 Å². The number of nitrogen functional groups attached to an aromatic ring is 1. The predicted octanol–water partition coefficient (Wildman–Crippen LogP) is 1.44. The molecule has 2 aromatic rings. The van der Waals surface area contributed by atoms with Crippen molar-refractivity contribution in [1.29, 1.82) is 0 Å². The molecule has 0 aliphatic heterocycles. The summed E-state index contributed by atoms with van der Waals surface area (Å²) in [6.07, 6.45) is 2.73. The van der Waals surface area contributed by atoms with Crippen LogP contribution in [0.15, 0.2) is 36.8 Å². The lowest BCUT2D eigenvalue weighted by atomic mass is 10.3. The van der Waals surface area contributed by atoms with E-state index in [0.29, 0.717) is 16.5 Å². The molecule has 0 bridgehead atoms. The highest BCUT2D eigenvalue weighted by Crippen LogP contribution is 2.25. The van der Waals surface area contributed by atoms with Crippen LogP contribution >= 0.6 is 11.6 Å². The number of nitrogens with zero attached hydrogens (tertiary/aromatic N) is 2. The van der Waals surface area contributed by atoms with E-state index in [2.05, 4.69) is 15.4 Å². The molecule has 7 heteroatoms. The van der Waals surface area contributed by atoms with Crippen LogP contribution in [0.5, 0.6) is 5.75 Å². The molecule has 1 aromatic carbocycles. The number of hydrogen-bond donors (Lipinski definition) is 2. The summed E-state index contributed by atoms with van der Waals surface area (Å²) >= 11 is 5.88. The van der Waals surface area contributed by atoms with Crippen molar-refractivity contribution in [3.05, 3.63) is 47.5 Å². The monoisotopic (exact) mass is 264 g/mol. The van der Waals surface area contributed by atoms with Gasteiger partial charge in [-0.3, -0.25) is 4.79 Å². The summed E-state index contributed by atoms with van der Waals surface area (Å²) in [5.74, 6) is -0.196. The van der Waals surface area contributed by atoms with Gasteiger partial charge in [0.15, 0.2) is 5.75 Å². The summed E-state index contributed by atoms with van der Waals surface area (Å²) in [5.41, 5.74) is 8.45. The van der Waals surface area contributed by atoms with E-state index in [1.807, 2.05) is 0 Å². The van der Waals surface area contributed by atoms with Gasteiger partial charge in [-0.05, 0) is 24.3 Å². The quantitative estimate of drug-likeness (QED) is 0.647. The van der Waals surface area contributed by atoms with E-state index < -0.39 is 5.91 Å². The minimum atomic E-state index is -0.495. The number of carbonyl (C=O) groups excluding carboxylic acids is 1. The highest BCUT2D eigenvalue weighted by molar-refractivity contribution is 6.32. The summed E-state index contributed by atoms with van der Waals surface area (Å²) in [6.45, 7) is 0. The van der Waals surface area contributed by atoms with Crippen molar-refractivity contribution >= 4 is 23.2 Å². The zero-order chi connectivity index (χ0) is 13.0. The molecule has 0 atom stereocenters. The molecule has 0 saturated heterocycles. The molecule has 2 rings (SSSR count). The average molecular weight is 265 g/mol. The number of nitrogens with two attached hydrogens (primary N) is 1. The maximum absolute atomic E-state index is 11.6. The van der Waals surface area contributed by atoms with Gasteiger partial charge in [0.1, 0.15) is 12.0 Å². The van der Waals surface area contributed by atoms with Crippen LogP contribution in [0.25, 0.3) is 0 Å². The first-order chi connectivity index (χ1) is 8.66. The Bertz CT molecular complexity index is 562. The molecule has 0 spiro atoms. The number of anilines is 1. The fraction of sp³-hybridized carbons (Fsp3) is 0. The van der Waals surface area contributed by atoms with Crippen LogP contribution in [-0.2, 0) is 0 Å². The smallest absolute Gasteiger partial charge is 0.302 e. The maximum atomic E-state index is 11.6. The third-order valence-corrected chi connectivity index (χ3v) is 2.32. The van der Waals surface area contributed by atoms with Crippen molar-refractivity contribution in [2.24, 2.45) is 0 Å². The minimum absolute atomic E-state index is 0.191. The van der Waals surface area contributed by atoms with Crippen molar-refractivity contribution < 1.29 is 9.63 Å². The van der Waals surface area contributed by atoms with Crippen molar-refractivity contribution in [2.45, 2.75) is 0 Å². The first-order valence-corrected chi connectivity index (χ1v) is 5.33. The molecule has 0 saturated carbocycles. The first-order valence-electron chi connectivity index (χ1n) is 4.95. The Labute approximate surface area is 108 Å². The largest absolute Gasteiger partial charge is 0.399 e. The fourth-order valence-electron chi connectivity index (χ4n) is 1.18. The van der Waals surface area contributed by atoms with Crippen LogP contribution in [0.1, 0.15) is 10.5 Å². The lowest BCUT2D eigenvalue weighted by molar-refractivity contribution is 0.0754. The van der Waals surface area contributed by atoms with Gasteiger partial charge in [0.05, 0.1) is 5.02 Å². The molecule has 18 heavy (non-hydrogen) atoms. The second kappa shape index (κ2) is 5.33. The number of nitrogens with one attached hydrogen (secondary N) is 1. The molecule has 1 aromatic heterocycles. The van der Waals surface area contributed by atoms with Crippen LogP contribution in [0.4, 0.5) is 5.69 Å². The number of hydroxylamine groups is 1. The highest BCUT2D eigenvalue weighted by atomic mass is 35.5. The second-order valence-corrected chi connectivity index (χ2v) is 3.72. The van der Waals surface area contributed by atoms with Gasteiger partial charge in [-0.15, -0.1) is 0 Å². The highest BCUT2D eigenvalue weighted by Gasteiger charge is 2.08. The Balaban J connectivity index is 2.02. The van der Waals surface area contributed by atoms with E-state index in [-0.39, 0.29) is 5.69 Å². The van der Waals surface area contributed by atoms with Gasteiger partial charge < -0.3 is 10.6 Å². The van der Waals surface area contributed by atoms with E-state index in [0.717, 1.165) is 0 Å². The van der Waals surface area contributed by atoms with Gasteiger partial charge in [0, 0.05) is 11.9 Å². The van der Waals surface area contributed by atoms with E-state index in [1.54, 1.807) is 12.1 Å². The molecule has 92 valence electrons. The fourth-order valence-corrected chi connectivity index (χ4v) is 1.41. The standard InChI is InChI=1S/C11H9ClN4O2/c12-8-5-7(13)1-2-10(8)18-16-11(17)9-3-4-14-6-15-9/h1-6H,13H2,(H,16,17). The van der Waals surface area contributed by atoms with Crippen LogP contribution in [0, 0.1) is 0 Å². The Kier molecular flexibility index (Phi) is 3.59. The Hall–Kier alpha value is -2.34. The van der Waals surface area contributed by atoms with Crippen molar-refractivity contribution in [3.8, 4) is 5.75 Å². The molecule has 0 aliphatic carbocycles. The summed E-state index contributed by atoms with van der Waals surface area (Å²) in [5, 5.41) is 0.304. The number of halogens is 1. The van der Waals surface area contributed by atoms with Crippen LogP contribution < -0.4 is 16.1 Å².